The van der Waals surface area contributed by atoms with Gasteiger partial charge in [-0.1, -0.05) is 36.4 Å². The summed E-state index contributed by atoms with van der Waals surface area (Å²) >= 11 is 0. The van der Waals surface area contributed by atoms with Crippen LogP contribution in [0.4, 0.5) is 4.79 Å². The smallest absolute Gasteiger partial charge is 0.410 e. The van der Waals surface area contributed by atoms with E-state index in [0.717, 1.165) is 5.56 Å². The van der Waals surface area contributed by atoms with Gasteiger partial charge in [0.2, 0.25) is 0 Å². The van der Waals surface area contributed by atoms with Gasteiger partial charge in [0.1, 0.15) is 6.61 Å². The van der Waals surface area contributed by atoms with E-state index in [-0.39, 0.29) is 18.7 Å². The summed E-state index contributed by atoms with van der Waals surface area (Å²) in [7, 11) is 1.35. The Bertz CT molecular complexity index is 510. The van der Waals surface area contributed by atoms with Gasteiger partial charge in [-0.2, -0.15) is 0 Å². The molecular formula is C15H17NO4. The second-order valence-electron chi connectivity index (χ2n) is 4.46. The highest BCUT2D eigenvalue weighted by atomic mass is 16.6. The average molecular weight is 275 g/mol. The molecule has 2 rings (SSSR count). The molecule has 0 saturated carbocycles. The Labute approximate surface area is 117 Å². The number of rotatable bonds is 3. The fourth-order valence-corrected chi connectivity index (χ4v) is 1.96. The second kappa shape index (κ2) is 6.75. The molecule has 0 aliphatic carbocycles. The normalized spacial score (nSPS) is 14.4. The molecule has 0 fully saturated rings. The van der Waals surface area contributed by atoms with E-state index >= 15 is 0 Å². The Morgan fingerprint density at radius 1 is 1.25 bits per heavy atom. The summed E-state index contributed by atoms with van der Waals surface area (Å²) in [5, 5.41) is 0. The molecule has 20 heavy (non-hydrogen) atoms. The molecule has 1 aliphatic rings. The predicted molar refractivity (Wildman–Crippen MR) is 72.9 cm³/mol. The van der Waals surface area contributed by atoms with Gasteiger partial charge < -0.3 is 14.4 Å². The van der Waals surface area contributed by atoms with Crippen LogP contribution in [0.25, 0.3) is 0 Å². The summed E-state index contributed by atoms with van der Waals surface area (Å²) in [4.78, 5) is 24.8. The van der Waals surface area contributed by atoms with Gasteiger partial charge in [-0.05, 0) is 12.0 Å². The zero-order valence-corrected chi connectivity index (χ0v) is 11.4. The Hall–Kier alpha value is -2.30. The highest BCUT2D eigenvalue weighted by molar-refractivity contribution is 5.88. The molecule has 0 spiro atoms. The van der Waals surface area contributed by atoms with E-state index in [2.05, 4.69) is 4.74 Å². The van der Waals surface area contributed by atoms with Gasteiger partial charge in [-0.3, -0.25) is 0 Å². The van der Waals surface area contributed by atoms with Gasteiger partial charge in [0, 0.05) is 18.7 Å². The molecule has 1 heterocycles. The van der Waals surface area contributed by atoms with E-state index in [1.807, 2.05) is 30.3 Å². The van der Waals surface area contributed by atoms with E-state index in [0.29, 0.717) is 25.1 Å². The lowest BCUT2D eigenvalue weighted by atomic mass is 10.1. The zero-order chi connectivity index (χ0) is 14.4. The SMILES string of the molecule is COC(=O)C1=CCN(C(=O)OCc2ccccc2)CC1. The molecule has 1 aromatic carbocycles. The first-order chi connectivity index (χ1) is 9.70. The minimum absolute atomic E-state index is 0.254. The van der Waals surface area contributed by atoms with Crippen LogP contribution in [-0.4, -0.2) is 37.2 Å². The molecule has 5 heteroatoms. The van der Waals surface area contributed by atoms with Gasteiger partial charge in [0.05, 0.1) is 7.11 Å². The average Bonchev–Trinajstić information content (AvgIpc) is 2.53. The maximum atomic E-state index is 11.9. The fourth-order valence-electron chi connectivity index (χ4n) is 1.96. The largest absolute Gasteiger partial charge is 0.466 e. The molecule has 0 atom stereocenters. The first kappa shape index (κ1) is 14.1. The summed E-state index contributed by atoms with van der Waals surface area (Å²) in [5.74, 6) is -0.331. The number of methoxy groups -OCH3 is 1. The topological polar surface area (TPSA) is 55.8 Å². The summed E-state index contributed by atoms with van der Waals surface area (Å²) < 4.78 is 9.88. The molecule has 0 radical (unpaired) electrons. The summed E-state index contributed by atoms with van der Waals surface area (Å²) in [6.07, 6.45) is 1.83. The van der Waals surface area contributed by atoms with E-state index in [1.165, 1.54) is 7.11 Å². The molecule has 0 saturated heterocycles. The molecule has 0 aromatic heterocycles. The number of carbonyl (C=O) groups excluding carboxylic acids is 2. The maximum absolute atomic E-state index is 11.9. The predicted octanol–water partition coefficient (Wildman–Crippen LogP) is 2.13. The van der Waals surface area contributed by atoms with Crippen LogP contribution in [0, 0.1) is 0 Å². The summed E-state index contributed by atoms with van der Waals surface area (Å²) in [6.45, 7) is 1.09. The molecule has 0 N–H and O–H groups in total. The maximum Gasteiger partial charge on any atom is 0.410 e. The van der Waals surface area contributed by atoms with E-state index in [4.69, 9.17) is 4.74 Å². The van der Waals surface area contributed by atoms with Crippen LogP contribution in [0.2, 0.25) is 0 Å². The third-order valence-electron chi connectivity index (χ3n) is 3.12. The second-order valence-corrected chi connectivity index (χ2v) is 4.46. The quantitative estimate of drug-likeness (QED) is 0.793. The van der Waals surface area contributed by atoms with Crippen molar-refractivity contribution in [1.82, 2.24) is 4.90 Å². The minimum Gasteiger partial charge on any atom is -0.466 e. The van der Waals surface area contributed by atoms with E-state index in [1.54, 1.807) is 11.0 Å². The van der Waals surface area contributed by atoms with Crippen LogP contribution in [0.15, 0.2) is 42.0 Å². The summed E-state index contributed by atoms with van der Waals surface area (Å²) in [6, 6.07) is 9.51. The third-order valence-corrected chi connectivity index (χ3v) is 3.12. The number of ether oxygens (including phenoxy) is 2. The molecule has 5 nitrogen and oxygen atoms in total. The number of hydrogen-bond donors (Lipinski definition) is 0. The monoisotopic (exact) mass is 275 g/mol. The van der Waals surface area contributed by atoms with Crippen molar-refractivity contribution in [1.29, 1.82) is 0 Å². The van der Waals surface area contributed by atoms with Crippen LogP contribution in [0.3, 0.4) is 0 Å². The van der Waals surface area contributed by atoms with Crippen LogP contribution in [0.1, 0.15) is 12.0 Å². The van der Waals surface area contributed by atoms with Gasteiger partial charge in [-0.25, -0.2) is 9.59 Å². The summed E-state index contributed by atoms with van der Waals surface area (Å²) in [5.41, 5.74) is 1.56. The highest BCUT2D eigenvalue weighted by Gasteiger charge is 2.21. The van der Waals surface area contributed by atoms with Gasteiger partial charge in [0.25, 0.3) is 0 Å². The molecule has 1 amide bonds. The number of hydrogen-bond acceptors (Lipinski definition) is 4. The molecule has 106 valence electrons. The van der Waals surface area contributed by atoms with Crippen LogP contribution < -0.4 is 0 Å². The number of benzene rings is 1. The number of esters is 1. The molecule has 0 unspecified atom stereocenters. The van der Waals surface area contributed by atoms with Crippen molar-refractivity contribution in [2.24, 2.45) is 0 Å². The highest BCUT2D eigenvalue weighted by Crippen LogP contribution is 2.13. The molecular weight excluding hydrogens is 258 g/mol. The van der Waals surface area contributed by atoms with Gasteiger partial charge in [0.15, 0.2) is 0 Å². The van der Waals surface area contributed by atoms with Crippen molar-refractivity contribution < 1.29 is 19.1 Å². The lowest BCUT2D eigenvalue weighted by Crippen LogP contribution is -2.36. The first-order valence-electron chi connectivity index (χ1n) is 6.43. The van der Waals surface area contributed by atoms with Crippen LogP contribution in [0.5, 0.6) is 0 Å². The van der Waals surface area contributed by atoms with E-state index in [9.17, 15) is 9.59 Å². The number of nitrogens with zero attached hydrogens (tertiary/aromatic N) is 1. The van der Waals surface area contributed by atoms with Gasteiger partial charge in [-0.15, -0.1) is 0 Å². The standard InChI is InChI=1S/C15H17NO4/c1-19-14(17)13-7-9-16(10-8-13)15(18)20-11-12-5-3-2-4-6-12/h2-7H,8-11H2,1H3. The lowest BCUT2D eigenvalue weighted by molar-refractivity contribution is -0.136. The molecule has 0 bridgehead atoms. The van der Waals surface area contributed by atoms with Crippen molar-refractivity contribution in [3.8, 4) is 0 Å². The Kier molecular flexibility index (Phi) is 4.76. The number of amides is 1. The van der Waals surface area contributed by atoms with Crippen molar-refractivity contribution in [2.75, 3.05) is 20.2 Å². The van der Waals surface area contributed by atoms with Crippen LogP contribution >= 0.6 is 0 Å². The van der Waals surface area contributed by atoms with Crippen molar-refractivity contribution in [2.45, 2.75) is 13.0 Å². The third kappa shape index (κ3) is 3.60. The molecule has 1 aromatic rings. The lowest BCUT2D eigenvalue weighted by Gasteiger charge is -2.24. The Balaban J connectivity index is 1.83. The molecule has 1 aliphatic heterocycles. The van der Waals surface area contributed by atoms with Gasteiger partial charge >= 0.3 is 12.1 Å². The number of carbonyl (C=O) groups is 2. The Morgan fingerprint density at radius 3 is 2.60 bits per heavy atom. The van der Waals surface area contributed by atoms with E-state index < -0.39 is 0 Å². The van der Waals surface area contributed by atoms with Crippen molar-refractivity contribution in [3.63, 3.8) is 0 Å². The van der Waals surface area contributed by atoms with Crippen molar-refractivity contribution in [3.05, 3.63) is 47.5 Å². The van der Waals surface area contributed by atoms with Crippen molar-refractivity contribution >= 4 is 12.1 Å². The zero-order valence-electron chi connectivity index (χ0n) is 11.4. The van der Waals surface area contributed by atoms with Crippen LogP contribution in [-0.2, 0) is 20.9 Å². The Morgan fingerprint density at radius 2 is 2.00 bits per heavy atom. The fraction of sp³-hybridized carbons (Fsp3) is 0.333. The minimum atomic E-state index is -0.367. The first-order valence-corrected chi connectivity index (χ1v) is 6.43.